The molecule has 0 radical (unpaired) electrons. The Kier molecular flexibility index (Phi) is 9.22. The van der Waals surface area contributed by atoms with Crippen LogP contribution in [0.4, 0.5) is 5.82 Å². The average molecular weight is 418 g/mol. The van der Waals surface area contributed by atoms with Crippen LogP contribution in [-0.4, -0.2) is 34.5 Å². The Morgan fingerprint density at radius 3 is 2.61 bits per heavy atom. The van der Waals surface area contributed by atoms with Crippen molar-refractivity contribution in [3.8, 4) is 10.6 Å². The van der Waals surface area contributed by atoms with Crippen molar-refractivity contribution in [2.75, 3.05) is 24.7 Å². The normalized spacial score (nSPS) is 11.8. The van der Waals surface area contributed by atoms with Crippen LogP contribution in [0.25, 0.3) is 20.8 Å². The number of thioether (sulfide) groups is 1. The van der Waals surface area contributed by atoms with E-state index < -0.39 is 0 Å². The smallest absolute Gasteiger partial charge is 0.137 e. The number of hydrogen-bond acceptors (Lipinski definition) is 6. The standard InChI is InChI=1S/C20H25N3OS2.C2H6/c1-4-14(12-24)9-10-21-19-18(13(2)11-17(23-19)25-3)20-22-15-7-5-6-8-16(15)26-20;1-2/h5-8,11,14,24H,4,9-10,12H2,1-3H3,(H,21,23);1-2H3. The van der Waals surface area contributed by atoms with Gasteiger partial charge in [-0.25, -0.2) is 9.97 Å². The van der Waals surface area contributed by atoms with Crippen LogP contribution in [-0.2, 0) is 0 Å². The molecular formula is C22H31N3OS2. The predicted octanol–water partition coefficient (Wildman–Crippen LogP) is 6.24. The van der Waals surface area contributed by atoms with E-state index in [4.69, 9.17) is 9.97 Å². The zero-order valence-electron chi connectivity index (χ0n) is 17.5. The fraction of sp³-hybridized carbons (Fsp3) is 0.455. The number of anilines is 1. The highest BCUT2D eigenvalue weighted by atomic mass is 32.2. The van der Waals surface area contributed by atoms with Crippen LogP contribution >= 0.6 is 23.1 Å². The summed E-state index contributed by atoms with van der Waals surface area (Å²) in [6.07, 6.45) is 3.96. The lowest BCUT2D eigenvalue weighted by atomic mass is 10.0. The zero-order chi connectivity index (χ0) is 20.5. The second-order valence-corrected chi connectivity index (χ2v) is 8.22. The number of para-hydroxylation sites is 1. The van der Waals surface area contributed by atoms with Gasteiger partial charge in [0.05, 0.1) is 20.8 Å². The molecule has 0 saturated heterocycles. The summed E-state index contributed by atoms with van der Waals surface area (Å²) >= 11 is 3.35. The zero-order valence-corrected chi connectivity index (χ0v) is 19.1. The highest BCUT2D eigenvalue weighted by Crippen LogP contribution is 2.37. The van der Waals surface area contributed by atoms with Crippen LogP contribution < -0.4 is 5.32 Å². The lowest BCUT2D eigenvalue weighted by molar-refractivity contribution is 0.217. The van der Waals surface area contributed by atoms with Gasteiger partial charge in [-0.3, -0.25) is 0 Å². The first-order valence-corrected chi connectivity index (χ1v) is 12.0. The minimum atomic E-state index is 0.236. The summed E-state index contributed by atoms with van der Waals surface area (Å²) in [4.78, 5) is 9.63. The van der Waals surface area contributed by atoms with E-state index in [9.17, 15) is 5.11 Å². The molecule has 4 nitrogen and oxygen atoms in total. The summed E-state index contributed by atoms with van der Waals surface area (Å²) in [5.74, 6) is 1.22. The molecule has 2 aromatic heterocycles. The van der Waals surface area contributed by atoms with Crippen molar-refractivity contribution in [2.24, 2.45) is 5.92 Å². The molecule has 1 unspecified atom stereocenters. The highest BCUT2D eigenvalue weighted by Gasteiger charge is 2.16. The summed E-state index contributed by atoms with van der Waals surface area (Å²) < 4.78 is 1.19. The maximum Gasteiger partial charge on any atom is 0.137 e. The Hall–Kier alpha value is -1.63. The van der Waals surface area contributed by atoms with Gasteiger partial charge in [-0.1, -0.05) is 39.3 Å². The van der Waals surface area contributed by atoms with Gasteiger partial charge in [0.1, 0.15) is 10.8 Å². The Labute approximate surface area is 176 Å². The minimum Gasteiger partial charge on any atom is -0.396 e. The molecule has 0 amide bonds. The van der Waals surface area contributed by atoms with E-state index in [0.29, 0.717) is 5.92 Å². The third-order valence-electron chi connectivity index (χ3n) is 4.59. The molecule has 3 rings (SSSR count). The molecule has 0 aliphatic carbocycles. The number of hydrogen-bond donors (Lipinski definition) is 2. The topological polar surface area (TPSA) is 58.0 Å². The van der Waals surface area contributed by atoms with E-state index in [-0.39, 0.29) is 6.61 Å². The summed E-state index contributed by atoms with van der Waals surface area (Å²) in [6, 6.07) is 10.3. The molecule has 6 heteroatoms. The quantitative estimate of drug-likeness (QED) is 0.425. The van der Waals surface area contributed by atoms with Gasteiger partial charge in [0, 0.05) is 13.2 Å². The summed E-state index contributed by atoms with van der Waals surface area (Å²) in [7, 11) is 0. The fourth-order valence-electron chi connectivity index (χ4n) is 2.94. The van der Waals surface area contributed by atoms with Gasteiger partial charge in [-0.2, -0.15) is 0 Å². The number of aryl methyl sites for hydroxylation is 1. The number of benzene rings is 1. The van der Waals surface area contributed by atoms with Crippen LogP contribution in [0.5, 0.6) is 0 Å². The molecule has 0 aliphatic rings. The van der Waals surface area contributed by atoms with E-state index in [1.807, 2.05) is 32.2 Å². The van der Waals surface area contributed by atoms with Crippen molar-refractivity contribution in [2.45, 2.75) is 45.6 Å². The molecule has 2 heterocycles. The molecular weight excluding hydrogens is 386 g/mol. The molecule has 3 aromatic rings. The van der Waals surface area contributed by atoms with Crippen molar-refractivity contribution >= 4 is 39.1 Å². The number of nitrogens with one attached hydrogen (secondary N) is 1. The monoisotopic (exact) mass is 417 g/mol. The van der Waals surface area contributed by atoms with Crippen molar-refractivity contribution in [1.82, 2.24) is 9.97 Å². The second kappa shape index (κ2) is 11.4. The number of fused-ring (bicyclic) bond motifs is 1. The summed E-state index contributed by atoms with van der Waals surface area (Å²) in [5, 5.41) is 14.9. The number of aliphatic hydroxyl groups excluding tert-OH is 1. The van der Waals surface area contributed by atoms with Crippen molar-refractivity contribution < 1.29 is 5.11 Å². The van der Waals surface area contributed by atoms with E-state index >= 15 is 0 Å². The summed E-state index contributed by atoms with van der Waals surface area (Å²) in [6.45, 7) is 9.27. The summed E-state index contributed by atoms with van der Waals surface area (Å²) in [5.41, 5.74) is 3.29. The lowest BCUT2D eigenvalue weighted by Gasteiger charge is -2.16. The van der Waals surface area contributed by atoms with Gasteiger partial charge < -0.3 is 10.4 Å². The molecule has 1 atom stereocenters. The number of thiazole rings is 1. The van der Waals surface area contributed by atoms with E-state index in [1.54, 1.807) is 23.1 Å². The SMILES string of the molecule is CC.CCC(CO)CCNc1nc(SC)cc(C)c1-c1nc2ccccc2s1. The van der Waals surface area contributed by atoms with Gasteiger partial charge in [-0.05, 0) is 49.3 Å². The Morgan fingerprint density at radius 2 is 1.96 bits per heavy atom. The number of aromatic nitrogens is 2. The van der Waals surface area contributed by atoms with E-state index in [2.05, 4.69) is 37.4 Å². The lowest BCUT2D eigenvalue weighted by Crippen LogP contribution is -2.13. The number of rotatable bonds is 8. The van der Waals surface area contributed by atoms with Crippen LogP contribution in [0.1, 0.15) is 39.2 Å². The first kappa shape index (κ1) is 22.7. The van der Waals surface area contributed by atoms with Crippen LogP contribution in [0.3, 0.4) is 0 Å². The molecule has 1 aromatic carbocycles. The first-order valence-electron chi connectivity index (χ1n) is 9.92. The van der Waals surface area contributed by atoms with Gasteiger partial charge in [0.2, 0.25) is 0 Å². The van der Waals surface area contributed by atoms with Crippen LogP contribution in [0.15, 0.2) is 35.4 Å². The Bertz CT molecular complexity index is 842. The minimum absolute atomic E-state index is 0.236. The van der Waals surface area contributed by atoms with Gasteiger partial charge in [0.15, 0.2) is 0 Å². The Morgan fingerprint density at radius 1 is 1.21 bits per heavy atom. The molecule has 0 aliphatic heterocycles. The van der Waals surface area contributed by atoms with Crippen molar-refractivity contribution in [1.29, 1.82) is 0 Å². The van der Waals surface area contributed by atoms with E-state index in [0.717, 1.165) is 46.3 Å². The number of pyridine rings is 1. The maximum atomic E-state index is 9.41. The van der Waals surface area contributed by atoms with Crippen molar-refractivity contribution in [3.63, 3.8) is 0 Å². The largest absolute Gasteiger partial charge is 0.396 e. The molecule has 0 saturated carbocycles. The molecule has 0 spiro atoms. The van der Waals surface area contributed by atoms with Crippen LogP contribution in [0.2, 0.25) is 0 Å². The molecule has 152 valence electrons. The third kappa shape index (κ3) is 5.46. The second-order valence-electron chi connectivity index (χ2n) is 6.36. The molecule has 0 bridgehead atoms. The maximum absolute atomic E-state index is 9.41. The van der Waals surface area contributed by atoms with Crippen molar-refractivity contribution in [3.05, 3.63) is 35.9 Å². The average Bonchev–Trinajstić information content (AvgIpc) is 3.15. The fourth-order valence-corrected chi connectivity index (χ4v) is 4.50. The number of aliphatic hydroxyl groups is 1. The van der Waals surface area contributed by atoms with Crippen LogP contribution in [0, 0.1) is 12.8 Å². The Balaban J connectivity index is 0.00000136. The van der Waals surface area contributed by atoms with Gasteiger partial charge in [-0.15, -0.1) is 23.1 Å². The van der Waals surface area contributed by atoms with Gasteiger partial charge >= 0.3 is 0 Å². The highest BCUT2D eigenvalue weighted by molar-refractivity contribution is 7.98. The van der Waals surface area contributed by atoms with E-state index in [1.165, 1.54) is 10.3 Å². The molecule has 0 fully saturated rings. The first-order chi connectivity index (χ1) is 13.7. The third-order valence-corrected chi connectivity index (χ3v) is 6.27. The molecule has 2 N–H and O–H groups in total. The number of nitrogens with zero attached hydrogens (tertiary/aromatic N) is 2. The predicted molar refractivity (Wildman–Crippen MR) is 125 cm³/mol. The van der Waals surface area contributed by atoms with Gasteiger partial charge in [0.25, 0.3) is 0 Å². The molecule has 28 heavy (non-hydrogen) atoms.